The minimum atomic E-state index is -0.0103. The fraction of sp³-hybridized carbons (Fsp3) is 0.304. The Morgan fingerprint density at radius 1 is 1.11 bits per heavy atom. The number of carbonyl (C=O) groups is 1. The molecule has 0 saturated heterocycles. The maximum atomic E-state index is 12.3. The van der Waals surface area contributed by atoms with Crippen LogP contribution in [0.4, 0.5) is 0 Å². The summed E-state index contributed by atoms with van der Waals surface area (Å²) in [5, 5.41) is 7.20. The molecule has 0 bridgehead atoms. The van der Waals surface area contributed by atoms with Gasteiger partial charge in [-0.05, 0) is 42.2 Å². The van der Waals surface area contributed by atoms with Gasteiger partial charge in [-0.15, -0.1) is 0 Å². The van der Waals surface area contributed by atoms with Crippen molar-refractivity contribution in [2.45, 2.75) is 33.2 Å². The molecule has 0 radical (unpaired) electrons. The van der Waals surface area contributed by atoms with Crippen molar-refractivity contribution in [3.05, 3.63) is 78.1 Å². The van der Waals surface area contributed by atoms with Gasteiger partial charge in [0.15, 0.2) is 0 Å². The number of nitrogens with zero attached hydrogens (tertiary/aromatic N) is 2. The predicted octanol–water partition coefficient (Wildman–Crippen LogP) is 4.16. The molecule has 1 N–H and O–H groups in total. The quantitative estimate of drug-likeness (QED) is 0.609. The van der Waals surface area contributed by atoms with Crippen molar-refractivity contribution in [1.82, 2.24) is 15.1 Å². The Kier molecular flexibility index (Phi) is 6.84. The first-order valence-electron chi connectivity index (χ1n) is 9.68. The van der Waals surface area contributed by atoms with Crippen molar-refractivity contribution in [3.63, 3.8) is 0 Å². The van der Waals surface area contributed by atoms with Crippen LogP contribution in [0, 0.1) is 5.92 Å². The van der Waals surface area contributed by atoms with E-state index in [0.717, 1.165) is 29.0 Å². The molecule has 0 aliphatic heterocycles. The van der Waals surface area contributed by atoms with Crippen molar-refractivity contribution in [2.24, 2.45) is 5.92 Å². The van der Waals surface area contributed by atoms with E-state index in [1.165, 1.54) is 0 Å². The molecule has 146 valence electrons. The van der Waals surface area contributed by atoms with Crippen LogP contribution in [0.3, 0.4) is 0 Å². The average Bonchev–Trinajstić information content (AvgIpc) is 3.22. The van der Waals surface area contributed by atoms with Gasteiger partial charge in [0.1, 0.15) is 5.75 Å². The highest BCUT2D eigenvalue weighted by molar-refractivity contribution is 5.78. The molecule has 0 saturated carbocycles. The summed E-state index contributed by atoms with van der Waals surface area (Å²) < 4.78 is 7.68. The van der Waals surface area contributed by atoms with E-state index in [-0.39, 0.29) is 5.91 Å². The van der Waals surface area contributed by atoms with Crippen LogP contribution in [0.2, 0.25) is 0 Å². The number of ether oxygens (including phenoxy) is 1. The zero-order valence-corrected chi connectivity index (χ0v) is 16.5. The average molecular weight is 377 g/mol. The summed E-state index contributed by atoms with van der Waals surface area (Å²) in [6, 6.07) is 17.6. The van der Waals surface area contributed by atoms with Gasteiger partial charge >= 0.3 is 0 Å². The second-order valence-corrected chi connectivity index (χ2v) is 7.21. The lowest BCUT2D eigenvalue weighted by Crippen LogP contribution is -2.24. The summed E-state index contributed by atoms with van der Waals surface area (Å²) in [5.41, 5.74) is 2.94. The van der Waals surface area contributed by atoms with E-state index in [1.807, 2.05) is 60.8 Å². The normalized spacial score (nSPS) is 10.8. The van der Waals surface area contributed by atoms with Gasteiger partial charge in [0.2, 0.25) is 5.91 Å². The fourth-order valence-corrected chi connectivity index (χ4v) is 2.83. The topological polar surface area (TPSA) is 56.1 Å². The molecule has 0 atom stereocenters. The number of nitrogens with one attached hydrogen (secondary N) is 1. The third-order valence-electron chi connectivity index (χ3n) is 4.47. The third kappa shape index (κ3) is 5.71. The molecule has 0 spiro atoms. The summed E-state index contributed by atoms with van der Waals surface area (Å²) in [6.07, 6.45) is 4.99. The zero-order valence-electron chi connectivity index (χ0n) is 16.5. The van der Waals surface area contributed by atoms with E-state index < -0.39 is 0 Å². The minimum Gasteiger partial charge on any atom is -0.493 e. The number of hydrogen-bond donors (Lipinski definition) is 1. The largest absolute Gasteiger partial charge is 0.493 e. The number of carbonyl (C=O) groups excluding carboxylic acids is 1. The molecular formula is C23H27N3O2. The van der Waals surface area contributed by atoms with Crippen LogP contribution in [0.15, 0.2) is 67.0 Å². The first kappa shape index (κ1) is 19.7. The lowest BCUT2D eigenvalue weighted by atomic mass is 10.1. The molecule has 2 aromatic carbocycles. The Morgan fingerprint density at radius 2 is 1.89 bits per heavy atom. The molecule has 0 aliphatic carbocycles. The van der Waals surface area contributed by atoms with Gasteiger partial charge in [-0.2, -0.15) is 5.10 Å². The maximum Gasteiger partial charge on any atom is 0.224 e. The SMILES string of the molecule is CC(C)CCOc1ccccc1CNC(=O)Cc1ccc(-n2cccn2)cc1. The summed E-state index contributed by atoms with van der Waals surface area (Å²) in [4.78, 5) is 12.3. The summed E-state index contributed by atoms with van der Waals surface area (Å²) in [6.45, 7) is 5.50. The van der Waals surface area contributed by atoms with Crippen molar-refractivity contribution in [2.75, 3.05) is 6.61 Å². The van der Waals surface area contributed by atoms with Crippen LogP contribution < -0.4 is 10.1 Å². The van der Waals surface area contributed by atoms with Gasteiger partial charge < -0.3 is 10.1 Å². The van der Waals surface area contributed by atoms with Gasteiger partial charge in [-0.3, -0.25) is 4.79 Å². The molecule has 0 unspecified atom stereocenters. The molecule has 0 aliphatic rings. The molecule has 5 nitrogen and oxygen atoms in total. The van der Waals surface area contributed by atoms with Crippen molar-refractivity contribution in [1.29, 1.82) is 0 Å². The molecule has 28 heavy (non-hydrogen) atoms. The molecule has 1 amide bonds. The smallest absolute Gasteiger partial charge is 0.224 e. The number of aromatic nitrogens is 2. The number of benzene rings is 2. The molecule has 1 heterocycles. The van der Waals surface area contributed by atoms with Crippen molar-refractivity contribution in [3.8, 4) is 11.4 Å². The van der Waals surface area contributed by atoms with E-state index in [1.54, 1.807) is 10.9 Å². The zero-order chi connectivity index (χ0) is 19.8. The van der Waals surface area contributed by atoms with Gasteiger partial charge in [-0.25, -0.2) is 4.68 Å². The second-order valence-electron chi connectivity index (χ2n) is 7.21. The van der Waals surface area contributed by atoms with Crippen molar-refractivity contribution >= 4 is 5.91 Å². The number of rotatable bonds is 9. The Hall–Kier alpha value is -3.08. The van der Waals surface area contributed by atoms with Crippen LogP contribution in [-0.4, -0.2) is 22.3 Å². The number of amides is 1. The van der Waals surface area contributed by atoms with Crippen molar-refractivity contribution < 1.29 is 9.53 Å². The Bertz CT molecular complexity index is 871. The van der Waals surface area contributed by atoms with Crippen LogP contribution in [0.1, 0.15) is 31.4 Å². The predicted molar refractivity (Wildman–Crippen MR) is 111 cm³/mol. The van der Waals surface area contributed by atoms with E-state index >= 15 is 0 Å². The first-order chi connectivity index (χ1) is 13.6. The Labute approximate surface area is 166 Å². The highest BCUT2D eigenvalue weighted by Gasteiger charge is 2.08. The summed E-state index contributed by atoms with van der Waals surface area (Å²) in [7, 11) is 0. The molecule has 1 aromatic heterocycles. The Morgan fingerprint density at radius 3 is 2.61 bits per heavy atom. The second kappa shape index (κ2) is 9.74. The van der Waals surface area contributed by atoms with Gasteiger partial charge in [0, 0.05) is 24.5 Å². The lowest BCUT2D eigenvalue weighted by Gasteiger charge is -2.13. The first-order valence-corrected chi connectivity index (χ1v) is 9.68. The van der Waals surface area contributed by atoms with Crippen LogP contribution >= 0.6 is 0 Å². The number of para-hydroxylation sites is 1. The fourth-order valence-electron chi connectivity index (χ4n) is 2.83. The molecule has 3 aromatic rings. The summed E-state index contributed by atoms with van der Waals surface area (Å²) in [5.74, 6) is 1.43. The van der Waals surface area contributed by atoms with Gasteiger partial charge in [0.05, 0.1) is 18.7 Å². The summed E-state index contributed by atoms with van der Waals surface area (Å²) >= 11 is 0. The van der Waals surface area contributed by atoms with E-state index in [2.05, 4.69) is 24.3 Å². The lowest BCUT2D eigenvalue weighted by molar-refractivity contribution is -0.120. The van der Waals surface area contributed by atoms with Crippen LogP contribution in [0.5, 0.6) is 5.75 Å². The molecule has 5 heteroatoms. The highest BCUT2D eigenvalue weighted by Crippen LogP contribution is 2.18. The maximum absolute atomic E-state index is 12.3. The van der Waals surface area contributed by atoms with E-state index in [0.29, 0.717) is 25.5 Å². The van der Waals surface area contributed by atoms with E-state index in [4.69, 9.17) is 4.74 Å². The van der Waals surface area contributed by atoms with Crippen LogP contribution in [-0.2, 0) is 17.8 Å². The molecule has 0 fully saturated rings. The molecular weight excluding hydrogens is 350 g/mol. The Balaban J connectivity index is 1.52. The van der Waals surface area contributed by atoms with E-state index in [9.17, 15) is 4.79 Å². The number of hydrogen-bond acceptors (Lipinski definition) is 3. The monoisotopic (exact) mass is 377 g/mol. The van der Waals surface area contributed by atoms with Gasteiger partial charge in [0.25, 0.3) is 0 Å². The minimum absolute atomic E-state index is 0.0103. The third-order valence-corrected chi connectivity index (χ3v) is 4.47. The highest BCUT2D eigenvalue weighted by atomic mass is 16.5. The van der Waals surface area contributed by atoms with Gasteiger partial charge in [-0.1, -0.05) is 44.2 Å². The van der Waals surface area contributed by atoms with Crippen LogP contribution in [0.25, 0.3) is 5.69 Å². The standard InChI is InChI=1S/C23H27N3O2/c1-18(2)12-15-28-22-7-4-3-6-20(22)17-24-23(27)16-19-8-10-21(11-9-19)26-14-5-13-25-26/h3-11,13-14,18H,12,15-17H2,1-2H3,(H,24,27). The molecule has 3 rings (SSSR count).